The van der Waals surface area contributed by atoms with Crippen LogP contribution in [0.15, 0.2) is 24.3 Å². The molecular weight excluding hydrogens is 462 g/mol. The Bertz CT molecular complexity index is 994. The van der Waals surface area contributed by atoms with E-state index in [4.69, 9.17) is 9.47 Å². The van der Waals surface area contributed by atoms with E-state index in [-0.39, 0.29) is 30.4 Å². The molecule has 5 rings (SSSR count). The highest BCUT2D eigenvalue weighted by atomic mass is 16.5. The van der Waals surface area contributed by atoms with Gasteiger partial charge in [-0.25, -0.2) is 0 Å². The van der Waals surface area contributed by atoms with Crippen LogP contribution in [0.2, 0.25) is 0 Å². The van der Waals surface area contributed by atoms with Crippen molar-refractivity contribution in [2.24, 2.45) is 11.8 Å². The number of hydrogen-bond donors (Lipinski definition) is 3. The quantitative estimate of drug-likeness (QED) is 0.505. The zero-order valence-corrected chi connectivity index (χ0v) is 21.1. The number of ether oxygens (including phenoxy) is 2. The molecule has 3 heterocycles. The number of rotatable bonds is 8. The van der Waals surface area contributed by atoms with Crippen LogP contribution in [0.25, 0.3) is 0 Å². The summed E-state index contributed by atoms with van der Waals surface area (Å²) in [4.78, 5) is 42.5. The topological polar surface area (TPSA) is 117 Å². The van der Waals surface area contributed by atoms with Crippen LogP contribution in [0.3, 0.4) is 0 Å². The lowest BCUT2D eigenvalue weighted by molar-refractivity contribution is -0.145. The predicted octanol–water partition coefficient (Wildman–Crippen LogP) is 2.23. The number of aliphatic hydroxyl groups is 1. The number of hydrogen-bond acceptors (Lipinski definition) is 6. The molecule has 6 atom stereocenters. The third-order valence-corrected chi connectivity index (χ3v) is 8.41. The van der Waals surface area contributed by atoms with Gasteiger partial charge in [0.25, 0.3) is 0 Å². The van der Waals surface area contributed by atoms with E-state index < -0.39 is 35.6 Å². The Morgan fingerprint density at radius 1 is 1.17 bits per heavy atom. The lowest BCUT2D eigenvalue weighted by Crippen LogP contribution is -2.59. The summed E-state index contributed by atoms with van der Waals surface area (Å²) in [7, 11) is 0. The van der Waals surface area contributed by atoms with E-state index >= 15 is 0 Å². The van der Waals surface area contributed by atoms with E-state index in [2.05, 4.69) is 10.6 Å². The van der Waals surface area contributed by atoms with Gasteiger partial charge in [-0.15, -0.1) is 0 Å². The second-order valence-corrected chi connectivity index (χ2v) is 10.6. The monoisotopic (exact) mass is 499 g/mol. The van der Waals surface area contributed by atoms with Crippen LogP contribution in [0, 0.1) is 11.8 Å². The number of aliphatic hydroxyl groups excluding tert-OH is 1. The number of benzene rings is 1. The summed E-state index contributed by atoms with van der Waals surface area (Å²) in [5.74, 6) is -1.53. The number of amides is 3. The molecule has 9 nitrogen and oxygen atoms in total. The van der Waals surface area contributed by atoms with Gasteiger partial charge in [-0.1, -0.05) is 19.3 Å². The molecule has 2 unspecified atom stereocenters. The Hall–Kier alpha value is -2.65. The highest BCUT2D eigenvalue weighted by molar-refractivity contribution is 6.02. The van der Waals surface area contributed by atoms with Gasteiger partial charge in [0.1, 0.15) is 17.4 Å². The van der Waals surface area contributed by atoms with Crippen LogP contribution in [0.4, 0.5) is 5.69 Å². The zero-order valence-electron chi connectivity index (χ0n) is 21.1. The highest BCUT2D eigenvalue weighted by Crippen LogP contribution is 2.58. The molecule has 196 valence electrons. The van der Waals surface area contributed by atoms with Crippen LogP contribution >= 0.6 is 0 Å². The van der Waals surface area contributed by atoms with Crippen molar-refractivity contribution in [1.82, 2.24) is 10.2 Å². The third kappa shape index (κ3) is 4.16. The number of likely N-dealkylation sites (tertiary alicyclic amines) is 1. The van der Waals surface area contributed by atoms with Crippen molar-refractivity contribution < 1.29 is 29.0 Å². The van der Waals surface area contributed by atoms with E-state index in [0.717, 1.165) is 25.7 Å². The number of nitrogens with one attached hydrogen (secondary N) is 2. The third-order valence-electron chi connectivity index (χ3n) is 8.41. The molecule has 4 aliphatic rings. The number of nitrogens with zero attached hydrogens (tertiary/aromatic N) is 1. The van der Waals surface area contributed by atoms with E-state index in [9.17, 15) is 19.5 Å². The number of anilines is 1. The van der Waals surface area contributed by atoms with Crippen molar-refractivity contribution >= 4 is 23.4 Å². The van der Waals surface area contributed by atoms with Crippen molar-refractivity contribution in [3.05, 3.63) is 24.3 Å². The minimum absolute atomic E-state index is 0.0837. The Labute approximate surface area is 211 Å². The van der Waals surface area contributed by atoms with Gasteiger partial charge in [0.05, 0.1) is 37.2 Å². The van der Waals surface area contributed by atoms with E-state index in [1.807, 2.05) is 6.92 Å². The van der Waals surface area contributed by atoms with Crippen molar-refractivity contribution in [2.45, 2.75) is 88.6 Å². The fourth-order valence-electron chi connectivity index (χ4n) is 6.81. The maximum atomic E-state index is 13.8. The van der Waals surface area contributed by atoms with Crippen molar-refractivity contribution in [3.8, 4) is 5.75 Å². The summed E-state index contributed by atoms with van der Waals surface area (Å²) in [6, 6.07) is 5.78. The standard InChI is InChI=1S/C27H37N3O6/c1-3-35-19-11-9-18(10-12-19)28-24(32)21-20-13-14-27(36-20)22(21)26(34)30(16(2)15-31)23(27)25(33)29-17-7-5-4-6-8-17/h9-12,16-17,20-23,31H,3-8,13-15H2,1-2H3,(H,28,32)(H,29,33)/t16-,20-,21+,22+,23?,27?/m1/s1. The second-order valence-electron chi connectivity index (χ2n) is 10.6. The van der Waals surface area contributed by atoms with Gasteiger partial charge in [0, 0.05) is 11.7 Å². The first-order valence-electron chi connectivity index (χ1n) is 13.3. The molecule has 9 heteroatoms. The summed E-state index contributed by atoms with van der Waals surface area (Å²) < 4.78 is 11.9. The van der Waals surface area contributed by atoms with Crippen LogP contribution in [0.5, 0.6) is 5.75 Å². The van der Waals surface area contributed by atoms with E-state index in [1.54, 1.807) is 31.2 Å². The molecule has 3 saturated heterocycles. The minimum atomic E-state index is -1.05. The zero-order chi connectivity index (χ0) is 25.4. The van der Waals surface area contributed by atoms with Gasteiger partial charge >= 0.3 is 0 Å². The van der Waals surface area contributed by atoms with Crippen LogP contribution in [-0.4, -0.2) is 70.8 Å². The van der Waals surface area contributed by atoms with Gasteiger partial charge in [0.2, 0.25) is 17.7 Å². The van der Waals surface area contributed by atoms with Gasteiger partial charge < -0.3 is 30.1 Å². The fraction of sp³-hybridized carbons (Fsp3) is 0.667. The molecule has 4 fully saturated rings. The van der Waals surface area contributed by atoms with Gasteiger partial charge in [-0.2, -0.15) is 0 Å². The van der Waals surface area contributed by atoms with Crippen molar-refractivity contribution in [3.63, 3.8) is 0 Å². The van der Waals surface area contributed by atoms with Gasteiger partial charge in [-0.3, -0.25) is 14.4 Å². The molecule has 3 amide bonds. The summed E-state index contributed by atoms with van der Waals surface area (Å²) in [6.07, 6.45) is 5.90. The largest absolute Gasteiger partial charge is 0.494 e. The first-order valence-corrected chi connectivity index (χ1v) is 13.3. The summed E-state index contributed by atoms with van der Waals surface area (Å²) in [5.41, 5.74) is -0.442. The highest BCUT2D eigenvalue weighted by Gasteiger charge is 2.74. The van der Waals surface area contributed by atoms with Crippen molar-refractivity contribution in [1.29, 1.82) is 0 Å². The molecule has 1 aromatic carbocycles. The fourth-order valence-corrected chi connectivity index (χ4v) is 6.81. The van der Waals surface area contributed by atoms with E-state index in [1.165, 1.54) is 11.3 Å². The average Bonchev–Trinajstić information content (AvgIpc) is 3.53. The Kier molecular flexibility index (Phi) is 6.96. The van der Waals surface area contributed by atoms with E-state index in [0.29, 0.717) is 30.9 Å². The maximum Gasteiger partial charge on any atom is 0.246 e. The Morgan fingerprint density at radius 2 is 1.89 bits per heavy atom. The first kappa shape index (κ1) is 25.0. The second kappa shape index (κ2) is 10.0. The maximum absolute atomic E-state index is 13.8. The number of carbonyl (C=O) groups is 3. The molecule has 3 aliphatic heterocycles. The molecule has 2 bridgehead atoms. The summed E-state index contributed by atoms with van der Waals surface area (Å²) in [5, 5.41) is 16.1. The Balaban J connectivity index is 1.40. The van der Waals surface area contributed by atoms with Crippen LogP contribution in [-0.2, 0) is 19.1 Å². The molecule has 0 radical (unpaired) electrons. The SMILES string of the molecule is CCOc1ccc(NC(=O)[C@@H]2[C@H]3C(=O)N([C@H](C)CO)C(C(=O)NC4CCCCC4)C34CC[C@H]2O4)cc1. The molecule has 1 aromatic rings. The number of carbonyl (C=O) groups excluding carboxylic acids is 3. The average molecular weight is 500 g/mol. The van der Waals surface area contributed by atoms with Crippen LogP contribution in [0.1, 0.15) is 58.8 Å². The van der Waals surface area contributed by atoms with Crippen molar-refractivity contribution in [2.75, 3.05) is 18.5 Å². The smallest absolute Gasteiger partial charge is 0.246 e. The molecule has 1 aliphatic carbocycles. The van der Waals surface area contributed by atoms with Gasteiger partial charge in [-0.05, 0) is 63.8 Å². The first-order chi connectivity index (χ1) is 17.4. The lowest BCUT2D eigenvalue weighted by Gasteiger charge is -2.37. The molecule has 1 spiro atoms. The van der Waals surface area contributed by atoms with Crippen LogP contribution < -0.4 is 15.4 Å². The predicted molar refractivity (Wildman–Crippen MR) is 132 cm³/mol. The van der Waals surface area contributed by atoms with Gasteiger partial charge in [0.15, 0.2) is 0 Å². The summed E-state index contributed by atoms with van der Waals surface area (Å²) in [6.45, 7) is 3.92. The minimum Gasteiger partial charge on any atom is -0.494 e. The molecular formula is C27H37N3O6. The molecule has 1 saturated carbocycles. The molecule has 0 aromatic heterocycles. The lowest BCUT2D eigenvalue weighted by atomic mass is 9.70. The number of fused-ring (bicyclic) bond motifs is 1. The molecule has 36 heavy (non-hydrogen) atoms. The normalized spacial score (nSPS) is 32.3. The Morgan fingerprint density at radius 3 is 2.56 bits per heavy atom. The molecule has 3 N–H and O–H groups in total. The summed E-state index contributed by atoms with van der Waals surface area (Å²) >= 11 is 0.